The van der Waals surface area contributed by atoms with Gasteiger partial charge in [-0.25, -0.2) is 4.99 Å². The highest BCUT2D eigenvalue weighted by molar-refractivity contribution is 7.16. The van der Waals surface area contributed by atoms with Crippen molar-refractivity contribution in [3.63, 3.8) is 0 Å². The largest absolute Gasteiger partial charge is 0.497 e. The molecule has 1 N–H and O–H groups in total. The highest BCUT2D eigenvalue weighted by atomic mass is 32.1. The summed E-state index contributed by atoms with van der Waals surface area (Å²) in [6.45, 7) is 2.61. The fourth-order valence-electron chi connectivity index (χ4n) is 3.27. The van der Waals surface area contributed by atoms with E-state index in [2.05, 4.69) is 4.99 Å². The van der Waals surface area contributed by atoms with Crippen LogP contribution in [0.1, 0.15) is 28.6 Å². The van der Waals surface area contributed by atoms with Gasteiger partial charge in [-0.2, -0.15) is 0 Å². The summed E-state index contributed by atoms with van der Waals surface area (Å²) in [6, 6.07) is 9.43. The lowest BCUT2D eigenvalue weighted by Crippen LogP contribution is -2.48. The third-order valence-corrected chi connectivity index (χ3v) is 5.82. The molecule has 0 radical (unpaired) electrons. The second-order valence-corrected chi connectivity index (χ2v) is 7.12. The van der Waals surface area contributed by atoms with Gasteiger partial charge in [-0.3, -0.25) is 4.79 Å². The summed E-state index contributed by atoms with van der Waals surface area (Å²) in [5, 5.41) is 11.7. The zero-order chi connectivity index (χ0) is 16.9. The summed E-state index contributed by atoms with van der Waals surface area (Å²) < 4.78 is 5.19. The molecule has 0 saturated carbocycles. The van der Waals surface area contributed by atoms with Crippen LogP contribution in [0.3, 0.4) is 0 Å². The first-order valence-corrected chi connectivity index (χ1v) is 8.79. The number of ether oxygens (including phenoxy) is 1. The van der Waals surface area contributed by atoms with Crippen molar-refractivity contribution in [3.8, 4) is 5.75 Å². The van der Waals surface area contributed by atoms with Gasteiger partial charge in [-0.1, -0.05) is 6.92 Å². The van der Waals surface area contributed by atoms with Crippen molar-refractivity contribution in [2.75, 3.05) is 18.6 Å². The van der Waals surface area contributed by atoms with Crippen molar-refractivity contribution in [3.05, 3.63) is 40.8 Å². The smallest absolute Gasteiger partial charge is 0.205 e. The summed E-state index contributed by atoms with van der Waals surface area (Å²) in [5.41, 5.74) is -0.0624. The number of methoxy groups -OCH3 is 1. The van der Waals surface area contributed by atoms with Crippen LogP contribution in [0.15, 0.2) is 35.3 Å². The van der Waals surface area contributed by atoms with E-state index in [4.69, 9.17) is 4.74 Å². The Morgan fingerprint density at radius 2 is 2.12 bits per heavy atom. The molecule has 6 heteroatoms. The number of nitrogens with zero attached hydrogens (tertiary/aromatic N) is 2. The van der Waals surface area contributed by atoms with Gasteiger partial charge in [0.15, 0.2) is 11.4 Å². The topological polar surface area (TPSA) is 62.1 Å². The van der Waals surface area contributed by atoms with Crippen LogP contribution >= 0.6 is 11.3 Å². The van der Waals surface area contributed by atoms with Gasteiger partial charge in [-0.15, -0.1) is 11.3 Å². The number of aliphatic hydroxyl groups is 1. The lowest BCUT2D eigenvalue weighted by atomic mass is 9.90. The minimum atomic E-state index is -1.51. The van der Waals surface area contributed by atoms with E-state index in [1.165, 1.54) is 11.3 Å². The van der Waals surface area contributed by atoms with Gasteiger partial charge in [0.2, 0.25) is 5.78 Å². The monoisotopic (exact) mass is 342 g/mol. The number of rotatable bonds is 3. The van der Waals surface area contributed by atoms with Crippen LogP contribution in [-0.4, -0.2) is 36.0 Å². The molecule has 1 fully saturated rings. The van der Waals surface area contributed by atoms with Gasteiger partial charge in [0.1, 0.15) is 10.8 Å². The number of carbonyl (C=O) groups is 1. The Labute approximate surface area is 144 Å². The molecule has 124 valence electrons. The molecule has 2 aliphatic rings. The molecular formula is C18H18N2O3S. The summed E-state index contributed by atoms with van der Waals surface area (Å²) in [5.74, 6) is 0.979. The van der Waals surface area contributed by atoms with Crippen LogP contribution in [0.25, 0.3) is 0 Å². The number of anilines is 1. The standard InChI is InChI=1S/C18H18N2O3S/c1-3-13-10-14-15(21)18(22)8-9-20(17(18)19-16(14)24-13)11-4-6-12(23-2)7-5-11/h4-7,10,22H,3,8-9H2,1-2H3/t18-/m1/s1. The van der Waals surface area contributed by atoms with Crippen LogP contribution in [0.5, 0.6) is 5.75 Å². The van der Waals surface area contributed by atoms with Crippen molar-refractivity contribution in [1.82, 2.24) is 0 Å². The van der Waals surface area contributed by atoms with Gasteiger partial charge >= 0.3 is 0 Å². The highest BCUT2D eigenvalue weighted by Gasteiger charge is 2.52. The Morgan fingerprint density at radius 3 is 2.79 bits per heavy atom. The molecule has 1 aromatic carbocycles. The molecule has 2 aromatic rings. The predicted octanol–water partition coefficient (Wildman–Crippen LogP) is 3.19. The average Bonchev–Trinajstić information content (AvgIpc) is 3.17. The van der Waals surface area contributed by atoms with Gasteiger partial charge in [0.05, 0.1) is 12.7 Å². The van der Waals surface area contributed by atoms with E-state index in [1.807, 2.05) is 42.2 Å². The summed E-state index contributed by atoms with van der Waals surface area (Å²) in [6.07, 6.45) is 1.21. The molecule has 3 heterocycles. The molecule has 1 atom stereocenters. The van der Waals surface area contributed by atoms with Crippen LogP contribution in [0.4, 0.5) is 10.7 Å². The minimum Gasteiger partial charge on any atom is -0.497 e. The number of Topliss-reactive ketones (excluding diaryl/α,β-unsaturated/α-hetero) is 1. The summed E-state index contributed by atoms with van der Waals surface area (Å²) in [7, 11) is 1.62. The lowest BCUT2D eigenvalue weighted by Gasteiger charge is -2.28. The summed E-state index contributed by atoms with van der Waals surface area (Å²) >= 11 is 1.52. The van der Waals surface area contributed by atoms with Gasteiger partial charge in [-0.05, 0) is 36.8 Å². The van der Waals surface area contributed by atoms with Crippen LogP contribution in [0.2, 0.25) is 0 Å². The molecule has 0 bridgehead atoms. The Bertz CT molecular complexity index is 840. The maximum absolute atomic E-state index is 12.9. The molecule has 5 nitrogen and oxygen atoms in total. The number of ketones is 1. The number of hydrogen-bond donors (Lipinski definition) is 1. The first-order valence-electron chi connectivity index (χ1n) is 7.97. The van der Waals surface area contributed by atoms with Crippen molar-refractivity contribution >= 4 is 33.6 Å². The Kier molecular flexibility index (Phi) is 3.47. The average molecular weight is 342 g/mol. The minimum absolute atomic E-state index is 0.227. The lowest BCUT2D eigenvalue weighted by molar-refractivity contribution is 0.0603. The van der Waals surface area contributed by atoms with E-state index in [1.54, 1.807) is 7.11 Å². The molecular weight excluding hydrogens is 324 g/mol. The van der Waals surface area contributed by atoms with Crippen molar-refractivity contribution < 1.29 is 14.6 Å². The van der Waals surface area contributed by atoms with E-state index >= 15 is 0 Å². The maximum Gasteiger partial charge on any atom is 0.205 e. The zero-order valence-electron chi connectivity index (χ0n) is 13.6. The fraction of sp³-hybridized carbons (Fsp3) is 0.333. The molecule has 1 saturated heterocycles. The van der Waals surface area contributed by atoms with E-state index in [9.17, 15) is 9.90 Å². The van der Waals surface area contributed by atoms with Crippen LogP contribution in [-0.2, 0) is 6.42 Å². The maximum atomic E-state index is 12.9. The van der Waals surface area contributed by atoms with Gasteiger partial charge in [0, 0.05) is 23.5 Å². The zero-order valence-corrected chi connectivity index (χ0v) is 14.4. The molecule has 0 spiro atoms. The first-order chi connectivity index (χ1) is 11.6. The number of thiophene rings is 1. The van der Waals surface area contributed by atoms with Crippen LogP contribution in [0, 0.1) is 0 Å². The van der Waals surface area contributed by atoms with Crippen molar-refractivity contribution in [2.45, 2.75) is 25.4 Å². The quantitative estimate of drug-likeness (QED) is 0.930. The number of benzene rings is 1. The van der Waals surface area contributed by atoms with Gasteiger partial charge in [0.25, 0.3) is 0 Å². The van der Waals surface area contributed by atoms with Crippen molar-refractivity contribution in [2.24, 2.45) is 4.99 Å². The van der Waals surface area contributed by atoms with E-state index in [0.29, 0.717) is 29.4 Å². The Hall–Kier alpha value is -2.18. The second kappa shape index (κ2) is 5.43. The molecule has 2 aliphatic heterocycles. The molecule has 0 unspecified atom stereocenters. The van der Waals surface area contributed by atoms with E-state index in [-0.39, 0.29) is 5.78 Å². The third kappa shape index (κ3) is 2.10. The second-order valence-electron chi connectivity index (χ2n) is 6.01. The van der Waals surface area contributed by atoms with E-state index < -0.39 is 5.60 Å². The fourth-order valence-corrected chi connectivity index (χ4v) is 4.23. The normalized spacial score (nSPS) is 22.2. The SMILES string of the molecule is CCc1cc2c(s1)N=C1N(c3ccc(OC)cc3)CC[C@@]1(O)C2=O. The third-order valence-electron chi connectivity index (χ3n) is 4.65. The van der Waals surface area contributed by atoms with Gasteiger partial charge < -0.3 is 14.7 Å². The number of fused-ring (bicyclic) bond motifs is 2. The predicted molar refractivity (Wildman–Crippen MR) is 95.0 cm³/mol. The highest BCUT2D eigenvalue weighted by Crippen LogP contribution is 2.43. The molecule has 0 aliphatic carbocycles. The number of aliphatic imine (C=N–C) groups is 1. The first kappa shape index (κ1) is 15.4. The Morgan fingerprint density at radius 1 is 1.38 bits per heavy atom. The van der Waals surface area contributed by atoms with Crippen molar-refractivity contribution in [1.29, 1.82) is 0 Å². The molecule has 24 heavy (non-hydrogen) atoms. The molecule has 0 amide bonds. The molecule has 4 rings (SSSR count). The van der Waals surface area contributed by atoms with Crippen LogP contribution < -0.4 is 9.64 Å². The number of aryl methyl sites for hydroxylation is 1. The number of amidine groups is 1. The molecule has 1 aromatic heterocycles. The number of carbonyl (C=O) groups excluding carboxylic acids is 1. The number of hydrogen-bond acceptors (Lipinski definition) is 6. The Balaban J connectivity index is 1.79. The van der Waals surface area contributed by atoms with E-state index in [0.717, 1.165) is 22.7 Å². The summed E-state index contributed by atoms with van der Waals surface area (Å²) in [4.78, 5) is 20.5.